The largest absolute Gasteiger partial charge is 0.314 e. The second-order valence-corrected chi connectivity index (χ2v) is 9.40. The molecule has 0 atom stereocenters. The van der Waals surface area contributed by atoms with Crippen LogP contribution in [0, 0.1) is 0 Å². The Morgan fingerprint density at radius 2 is 1.95 bits per heavy atom. The Hall–Kier alpha value is -0.430. The summed E-state index contributed by atoms with van der Waals surface area (Å²) in [5.41, 5.74) is -0.406. The van der Waals surface area contributed by atoms with Gasteiger partial charge in [-0.2, -0.15) is 0 Å². The Morgan fingerprint density at radius 1 is 1.29 bits per heavy atom. The van der Waals surface area contributed by atoms with Gasteiger partial charge in [0.2, 0.25) is 0 Å². The van der Waals surface area contributed by atoms with E-state index in [9.17, 15) is 8.42 Å². The molecule has 0 spiro atoms. The van der Waals surface area contributed by atoms with Crippen molar-refractivity contribution < 1.29 is 8.42 Å². The minimum absolute atomic E-state index is 0.406. The summed E-state index contributed by atoms with van der Waals surface area (Å²) < 4.78 is 28.0. The molecule has 21 heavy (non-hydrogen) atoms. The highest BCUT2D eigenvalue weighted by molar-refractivity contribution is 7.91. The van der Waals surface area contributed by atoms with Crippen LogP contribution in [0.25, 0.3) is 0 Å². The molecule has 0 saturated carbocycles. The van der Waals surface area contributed by atoms with Gasteiger partial charge in [0.05, 0.1) is 0 Å². The highest BCUT2D eigenvalue weighted by Gasteiger charge is 2.26. The maximum Gasteiger partial charge on any atom is 0.250 e. The fourth-order valence-corrected chi connectivity index (χ4v) is 5.01. The van der Waals surface area contributed by atoms with E-state index < -0.39 is 15.6 Å². The van der Waals surface area contributed by atoms with E-state index in [4.69, 9.17) is 0 Å². The van der Waals surface area contributed by atoms with Gasteiger partial charge in [-0.25, -0.2) is 13.1 Å². The number of thiophene rings is 1. The number of nitrogens with one attached hydrogen (secondary N) is 2. The van der Waals surface area contributed by atoms with Crippen molar-refractivity contribution >= 4 is 21.4 Å². The van der Waals surface area contributed by atoms with Gasteiger partial charge in [-0.3, -0.25) is 0 Å². The van der Waals surface area contributed by atoms with Gasteiger partial charge in [-0.05, 0) is 38.8 Å². The topological polar surface area (TPSA) is 58.2 Å². The quantitative estimate of drug-likeness (QED) is 0.730. The Morgan fingerprint density at radius 3 is 2.52 bits per heavy atom. The molecule has 0 bridgehead atoms. The van der Waals surface area contributed by atoms with Crippen LogP contribution in [-0.2, 0) is 16.4 Å². The Balaban J connectivity index is 2.70. The standard InChI is InChI=1S/C15H28N2O2S2/c1-6-10-15(4,5)17-21(18,19)14-8-7-13(20-14)9-11-16-12(2)3/h7-8,12,16-17H,6,9-11H2,1-5H3. The summed E-state index contributed by atoms with van der Waals surface area (Å²) in [5, 5.41) is 3.34. The normalized spacial score (nSPS) is 13.0. The molecular formula is C15H28N2O2S2. The van der Waals surface area contributed by atoms with E-state index >= 15 is 0 Å². The van der Waals surface area contributed by atoms with Crippen LogP contribution in [0.15, 0.2) is 16.3 Å². The Labute approximate surface area is 133 Å². The van der Waals surface area contributed by atoms with Gasteiger partial charge in [0.25, 0.3) is 10.0 Å². The smallest absolute Gasteiger partial charge is 0.250 e. The lowest BCUT2D eigenvalue weighted by atomic mass is 10.0. The molecule has 2 N–H and O–H groups in total. The number of sulfonamides is 1. The summed E-state index contributed by atoms with van der Waals surface area (Å²) in [7, 11) is -3.41. The fourth-order valence-electron chi connectivity index (χ4n) is 2.21. The van der Waals surface area contributed by atoms with E-state index in [0.717, 1.165) is 30.7 Å². The molecule has 0 unspecified atom stereocenters. The van der Waals surface area contributed by atoms with E-state index in [-0.39, 0.29) is 0 Å². The summed E-state index contributed by atoms with van der Waals surface area (Å²) in [6, 6.07) is 4.07. The van der Waals surface area contributed by atoms with Gasteiger partial charge in [-0.1, -0.05) is 27.2 Å². The van der Waals surface area contributed by atoms with Crippen molar-refractivity contribution in [1.82, 2.24) is 10.0 Å². The van der Waals surface area contributed by atoms with Crippen molar-refractivity contribution in [1.29, 1.82) is 0 Å². The second-order valence-electron chi connectivity index (χ2n) is 6.32. The van der Waals surface area contributed by atoms with Crippen molar-refractivity contribution in [3.05, 3.63) is 17.0 Å². The Kier molecular flexibility index (Phi) is 6.84. The molecule has 0 fully saturated rings. The average molecular weight is 333 g/mol. The third kappa shape index (κ3) is 6.46. The van der Waals surface area contributed by atoms with Gasteiger partial charge in [0.15, 0.2) is 0 Å². The lowest BCUT2D eigenvalue weighted by molar-refractivity contribution is 0.418. The van der Waals surface area contributed by atoms with Crippen molar-refractivity contribution in [2.24, 2.45) is 0 Å². The van der Waals surface area contributed by atoms with Gasteiger partial charge in [0.1, 0.15) is 4.21 Å². The summed E-state index contributed by atoms with van der Waals surface area (Å²) >= 11 is 1.36. The summed E-state index contributed by atoms with van der Waals surface area (Å²) in [6.07, 6.45) is 2.63. The molecule has 122 valence electrons. The van der Waals surface area contributed by atoms with Crippen LogP contribution in [-0.4, -0.2) is 26.5 Å². The monoisotopic (exact) mass is 332 g/mol. The third-order valence-electron chi connectivity index (χ3n) is 3.11. The van der Waals surface area contributed by atoms with Crippen LogP contribution in [0.5, 0.6) is 0 Å². The van der Waals surface area contributed by atoms with E-state index in [0.29, 0.717) is 10.3 Å². The predicted octanol–water partition coefficient (Wildman–Crippen LogP) is 3.15. The Bertz CT molecular complexity index is 534. The molecule has 0 amide bonds. The van der Waals surface area contributed by atoms with Crippen LogP contribution in [0.4, 0.5) is 0 Å². The molecule has 1 aromatic rings. The van der Waals surface area contributed by atoms with Gasteiger partial charge in [-0.15, -0.1) is 11.3 Å². The first kappa shape index (κ1) is 18.6. The van der Waals surface area contributed by atoms with Crippen molar-refractivity contribution in [2.45, 2.75) is 69.7 Å². The zero-order valence-electron chi connectivity index (χ0n) is 13.7. The lowest BCUT2D eigenvalue weighted by Gasteiger charge is -2.24. The first-order valence-electron chi connectivity index (χ1n) is 7.52. The lowest BCUT2D eigenvalue weighted by Crippen LogP contribution is -2.42. The number of rotatable bonds is 9. The van der Waals surface area contributed by atoms with E-state index in [1.165, 1.54) is 11.3 Å². The molecule has 0 radical (unpaired) electrons. The van der Waals surface area contributed by atoms with E-state index in [1.54, 1.807) is 6.07 Å². The van der Waals surface area contributed by atoms with Crippen LogP contribution in [0.1, 0.15) is 52.3 Å². The maximum atomic E-state index is 12.4. The molecule has 0 aliphatic carbocycles. The second kappa shape index (κ2) is 7.72. The SMILES string of the molecule is CCCC(C)(C)NS(=O)(=O)c1ccc(CCNC(C)C)s1. The minimum Gasteiger partial charge on any atom is -0.314 e. The number of hydrogen-bond donors (Lipinski definition) is 2. The molecule has 0 aliphatic rings. The first-order chi connectivity index (χ1) is 9.66. The molecule has 0 aromatic carbocycles. The van der Waals surface area contributed by atoms with Crippen molar-refractivity contribution in [3.8, 4) is 0 Å². The molecule has 1 aromatic heterocycles. The third-order valence-corrected chi connectivity index (χ3v) is 6.45. The fraction of sp³-hybridized carbons (Fsp3) is 0.733. The van der Waals surface area contributed by atoms with Crippen LogP contribution in [0.2, 0.25) is 0 Å². The van der Waals surface area contributed by atoms with Gasteiger partial charge >= 0.3 is 0 Å². The zero-order chi connectivity index (χ0) is 16.1. The average Bonchev–Trinajstić information content (AvgIpc) is 2.76. The summed E-state index contributed by atoms with van der Waals surface area (Å²) in [4.78, 5) is 1.09. The first-order valence-corrected chi connectivity index (χ1v) is 9.82. The molecule has 0 saturated heterocycles. The van der Waals surface area contributed by atoms with Crippen molar-refractivity contribution in [2.75, 3.05) is 6.54 Å². The van der Waals surface area contributed by atoms with E-state index in [2.05, 4.69) is 30.8 Å². The minimum atomic E-state index is -3.41. The van der Waals surface area contributed by atoms with Crippen LogP contribution >= 0.6 is 11.3 Å². The molecular weight excluding hydrogens is 304 g/mol. The highest BCUT2D eigenvalue weighted by atomic mass is 32.2. The van der Waals surface area contributed by atoms with Crippen LogP contribution < -0.4 is 10.0 Å². The zero-order valence-corrected chi connectivity index (χ0v) is 15.3. The molecule has 6 heteroatoms. The summed E-state index contributed by atoms with van der Waals surface area (Å²) in [5.74, 6) is 0. The molecule has 1 heterocycles. The summed E-state index contributed by atoms with van der Waals surface area (Å²) in [6.45, 7) is 11.0. The van der Waals surface area contributed by atoms with Gasteiger partial charge < -0.3 is 5.32 Å². The number of hydrogen-bond acceptors (Lipinski definition) is 4. The maximum absolute atomic E-state index is 12.4. The molecule has 1 rings (SSSR count). The van der Waals surface area contributed by atoms with Crippen molar-refractivity contribution in [3.63, 3.8) is 0 Å². The van der Waals surface area contributed by atoms with E-state index in [1.807, 2.05) is 19.9 Å². The van der Waals surface area contributed by atoms with Gasteiger partial charge in [0, 0.05) is 23.0 Å². The predicted molar refractivity (Wildman–Crippen MR) is 90.5 cm³/mol. The highest BCUT2D eigenvalue weighted by Crippen LogP contribution is 2.24. The molecule has 4 nitrogen and oxygen atoms in total. The van der Waals surface area contributed by atoms with Crippen LogP contribution in [0.3, 0.4) is 0 Å². The molecule has 0 aliphatic heterocycles.